The Morgan fingerprint density at radius 2 is 1.56 bits per heavy atom. The van der Waals surface area contributed by atoms with Crippen LogP contribution in [-0.2, 0) is 24.0 Å². The molecule has 0 radical (unpaired) electrons. The van der Waals surface area contributed by atoms with Crippen LogP contribution in [0.15, 0.2) is 0 Å². The molecule has 0 unspecified atom stereocenters. The molecule has 11 nitrogen and oxygen atoms in total. The van der Waals surface area contributed by atoms with Crippen molar-refractivity contribution < 1.29 is 34.2 Å². The van der Waals surface area contributed by atoms with Gasteiger partial charge in [-0.2, -0.15) is 0 Å². The highest BCUT2D eigenvalue weighted by atomic mass is 16.4. The Labute approximate surface area is 144 Å². The smallest absolute Gasteiger partial charge is 0.326 e. The fraction of sp³-hybridized carbons (Fsp3) is 0.643. The van der Waals surface area contributed by atoms with Gasteiger partial charge in [-0.1, -0.05) is 13.8 Å². The molecule has 0 aliphatic heterocycles. The molecule has 0 fully saturated rings. The standard InChI is InChI=1S/C14H24N4O7/c1-6(2)11(18-12(22)7(15)3-4-10(20)21)13(23)17-8(14(24)25)5-9(16)19/h6-8,11H,3-5,15H2,1-2H3,(H2,16,19)(H,17,23)(H,18,22)(H,20,21)(H,24,25)/t7-,8-,11-/m0/s1. The van der Waals surface area contributed by atoms with Crippen molar-refractivity contribution in [1.82, 2.24) is 10.6 Å². The van der Waals surface area contributed by atoms with Crippen molar-refractivity contribution in [2.75, 3.05) is 0 Å². The van der Waals surface area contributed by atoms with Crippen molar-refractivity contribution in [3.05, 3.63) is 0 Å². The Kier molecular flexibility index (Phi) is 9.13. The normalized spacial score (nSPS) is 14.2. The van der Waals surface area contributed by atoms with E-state index in [1.54, 1.807) is 13.8 Å². The fourth-order valence-corrected chi connectivity index (χ4v) is 1.87. The summed E-state index contributed by atoms with van der Waals surface area (Å²) >= 11 is 0. The summed E-state index contributed by atoms with van der Waals surface area (Å²) in [5.74, 6) is -5.44. The van der Waals surface area contributed by atoms with Crippen LogP contribution >= 0.6 is 0 Å². The van der Waals surface area contributed by atoms with Crippen LogP contribution in [0.3, 0.4) is 0 Å². The first-order valence-electron chi connectivity index (χ1n) is 7.54. The number of amides is 3. The van der Waals surface area contributed by atoms with E-state index in [4.69, 9.17) is 21.7 Å². The van der Waals surface area contributed by atoms with Gasteiger partial charge in [-0.25, -0.2) is 4.79 Å². The minimum atomic E-state index is -1.52. The Bertz CT molecular complexity index is 535. The number of nitrogens with one attached hydrogen (secondary N) is 2. The number of hydrogen-bond acceptors (Lipinski definition) is 6. The van der Waals surface area contributed by atoms with Gasteiger partial charge in [0.25, 0.3) is 0 Å². The number of hydrogen-bond donors (Lipinski definition) is 6. The number of rotatable bonds is 11. The lowest BCUT2D eigenvalue weighted by Crippen LogP contribution is -2.56. The fourth-order valence-electron chi connectivity index (χ4n) is 1.87. The monoisotopic (exact) mass is 360 g/mol. The largest absolute Gasteiger partial charge is 0.481 e. The summed E-state index contributed by atoms with van der Waals surface area (Å²) in [6, 6.07) is -3.77. The molecule has 0 aromatic rings. The zero-order valence-corrected chi connectivity index (χ0v) is 14.0. The van der Waals surface area contributed by atoms with Crippen LogP contribution < -0.4 is 22.1 Å². The number of carbonyl (C=O) groups is 5. The summed E-state index contributed by atoms with van der Waals surface area (Å²) < 4.78 is 0. The van der Waals surface area contributed by atoms with Gasteiger partial charge in [-0.3, -0.25) is 19.2 Å². The molecule has 0 spiro atoms. The molecule has 0 heterocycles. The summed E-state index contributed by atoms with van der Waals surface area (Å²) in [6.45, 7) is 3.22. The molecule has 0 aromatic heterocycles. The highest BCUT2D eigenvalue weighted by Crippen LogP contribution is 2.05. The molecule has 0 aliphatic carbocycles. The van der Waals surface area contributed by atoms with Gasteiger partial charge in [0.05, 0.1) is 12.5 Å². The van der Waals surface area contributed by atoms with Crippen molar-refractivity contribution in [3.8, 4) is 0 Å². The molecule has 0 saturated heterocycles. The van der Waals surface area contributed by atoms with E-state index in [1.165, 1.54) is 0 Å². The Morgan fingerprint density at radius 3 is 1.96 bits per heavy atom. The van der Waals surface area contributed by atoms with Gasteiger partial charge in [0.1, 0.15) is 12.1 Å². The van der Waals surface area contributed by atoms with E-state index in [0.717, 1.165) is 0 Å². The van der Waals surface area contributed by atoms with Gasteiger partial charge >= 0.3 is 11.9 Å². The predicted molar refractivity (Wildman–Crippen MR) is 85.0 cm³/mol. The van der Waals surface area contributed by atoms with Gasteiger partial charge < -0.3 is 32.3 Å². The van der Waals surface area contributed by atoms with E-state index >= 15 is 0 Å². The first-order valence-corrected chi connectivity index (χ1v) is 7.54. The van der Waals surface area contributed by atoms with Crippen molar-refractivity contribution in [1.29, 1.82) is 0 Å². The lowest BCUT2D eigenvalue weighted by atomic mass is 10.0. The maximum Gasteiger partial charge on any atom is 0.326 e. The second-order valence-electron chi connectivity index (χ2n) is 5.84. The predicted octanol–water partition coefficient (Wildman–Crippen LogP) is -2.24. The zero-order chi connectivity index (χ0) is 19.7. The van der Waals surface area contributed by atoms with Gasteiger partial charge in [0.2, 0.25) is 17.7 Å². The van der Waals surface area contributed by atoms with Gasteiger partial charge in [0.15, 0.2) is 0 Å². The quantitative estimate of drug-likeness (QED) is 0.237. The maximum atomic E-state index is 12.2. The summed E-state index contributed by atoms with van der Waals surface area (Å²) in [6.07, 6.45) is -1.03. The minimum Gasteiger partial charge on any atom is -0.481 e. The first-order chi connectivity index (χ1) is 11.5. The average Bonchev–Trinajstić information content (AvgIpc) is 2.47. The van der Waals surface area contributed by atoms with Crippen molar-refractivity contribution in [2.45, 2.75) is 51.2 Å². The van der Waals surface area contributed by atoms with Crippen LogP contribution in [0.25, 0.3) is 0 Å². The van der Waals surface area contributed by atoms with Crippen molar-refractivity contribution in [3.63, 3.8) is 0 Å². The van der Waals surface area contributed by atoms with Crippen LogP contribution in [0.1, 0.15) is 33.1 Å². The highest BCUT2D eigenvalue weighted by molar-refractivity contribution is 5.93. The summed E-state index contributed by atoms with van der Waals surface area (Å²) in [7, 11) is 0. The molecule has 3 amide bonds. The van der Waals surface area contributed by atoms with E-state index < -0.39 is 60.1 Å². The summed E-state index contributed by atoms with van der Waals surface area (Å²) in [4.78, 5) is 56.6. The second-order valence-corrected chi connectivity index (χ2v) is 5.84. The molecule has 8 N–H and O–H groups in total. The third kappa shape index (κ3) is 8.65. The third-order valence-electron chi connectivity index (χ3n) is 3.27. The summed E-state index contributed by atoms with van der Waals surface area (Å²) in [5.41, 5.74) is 10.5. The van der Waals surface area contributed by atoms with E-state index in [-0.39, 0.29) is 12.8 Å². The molecule has 0 aliphatic rings. The highest BCUT2D eigenvalue weighted by Gasteiger charge is 2.30. The SMILES string of the molecule is CC(C)[C@H](NC(=O)[C@@H](N)CCC(=O)O)C(=O)N[C@@H](CC(N)=O)C(=O)O. The van der Waals surface area contributed by atoms with Crippen LogP contribution in [-0.4, -0.2) is 58.0 Å². The van der Waals surface area contributed by atoms with Crippen LogP contribution in [0, 0.1) is 5.92 Å². The molecule has 11 heteroatoms. The van der Waals surface area contributed by atoms with Gasteiger partial charge in [0, 0.05) is 6.42 Å². The Hall–Kier alpha value is -2.69. The number of carboxylic acid groups (broad SMARTS) is 2. The number of nitrogens with two attached hydrogens (primary N) is 2. The van der Waals surface area contributed by atoms with Crippen molar-refractivity contribution in [2.24, 2.45) is 17.4 Å². The maximum absolute atomic E-state index is 12.2. The number of carboxylic acids is 2. The summed E-state index contributed by atoms with van der Waals surface area (Å²) in [5, 5.41) is 22.1. The Balaban J connectivity index is 4.94. The lowest BCUT2D eigenvalue weighted by molar-refractivity contribution is -0.144. The Morgan fingerprint density at radius 1 is 1.00 bits per heavy atom. The van der Waals surface area contributed by atoms with Crippen LogP contribution in [0.2, 0.25) is 0 Å². The van der Waals surface area contributed by atoms with Crippen molar-refractivity contribution >= 4 is 29.7 Å². The topological polar surface area (TPSA) is 202 Å². The molecule has 0 rings (SSSR count). The molecular formula is C14H24N4O7. The zero-order valence-electron chi connectivity index (χ0n) is 14.0. The molecule has 3 atom stereocenters. The third-order valence-corrected chi connectivity index (χ3v) is 3.27. The molecule has 25 heavy (non-hydrogen) atoms. The van der Waals surface area contributed by atoms with E-state index in [9.17, 15) is 24.0 Å². The lowest BCUT2D eigenvalue weighted by Gasteiger charge is -2.25. The number of aliphatic carboxylic acids is 2. The minimum absolute atomic E-state index is 0.118. The van der Waals surface area contributed by atoms with Crippen LogP contribution in [0.4, 0.5) is 0 Å². The van der Waals surface area contributed by atoms with E-state index in [2.05, 4.69) is 10.6 Å². The molecule has 0 saturated carbocycles. The van der Waals surface area contributed by atoms with E-state index in [1.807, 2.05) is 0 Å². The van der Waals surface area contributed by atoms with E-state index in [0.29, 0.717) is 0 Å². The first kappa shape index (κ1) is 22.3. The average molecular weight is 360 g/mol. The number of primary amides is 1. The molecular weight excluding hydrogens is 336 g/mol. The van der Waals surface area contributed by atoms with Gasteiger partial charge in [-0.15, -0.1) is 0 Å². The molecule has 142 valence electrons. The second kappa shape index (κ2) is 10.2. The van der Waals surface area contributed by atoms with Crippen LogP contribution in [0.5, 0.6) is 0 Å². The van der Waals surface area contributed by atoms with Gasteiger partial charge in [-0.05, 0) is 12.3 Å². The molecule has 0 bridgehead atoms. The number of carbonyl (C=O) groups excluding carboxylic acids is 3. The molecule has 0 aromatic carbocycles.